The van der Waals surface area contributed by atoms with Crippen LogP contribution in [0.15, 0.2) is 23.3 Å². The third kappa shape index (κ3) is 6.50. The SMILES string of the molecule is CO[C@H]1C=C(CCC[C@H](CC[C@@]2(C)C3=CCCC(C)(C)[C@@H]3CC[C@H]2C)COS(=O)(=O)O)C(=O)O1. The molecule has 3 rings (SSSR count). The molecule has 1 fully saturated rings. The second-order valence-electron chi connectivity index (χ2n) is 11.3. The highest BCUT2D eigenvalue weighted by molar-refractivity contribution is 7.80. The molecule has 8 heteroatoms. The number of rotatable bonds is 11. The van der Waals surface area contributed by atoms with Gasteiger partial charge in [0.25, 0.3) is 0 Å². The summed E-state index contributed by atoms with van der Waals surface area (Å²) in [6.45, 7) is 9.44. The molecule has 0 aromatic heterocycles. The Morgan fingerprint density at radius 1 is 1.24 bits per heavy atom. The van der Waals surface area contributed by atoms with E-state index in [9.17, 15) is 13.2 Å². The molecule has 2 aliphatic carbocycles. The summed E-state index contributed by atoms with van der Waals surface area (Å²) >= 11 is 0. The lowest BCUT2D eigenvalue weighted by molar-refractivity contribution is -0.155. The van der Waals surface area contributed by atoms with Gasteiger partial charge in [-0.2, -0.15) is 8.42 Å². The summed E-state index contributed by atoms with van der Waals surface area (Å²) in [7, 11) is -3.01. The fraction of sp³-hybridized carbons (Fsp3) is 0.808. The maximum atomic E-state index is 12.0. The van der Waals surface area contributed by atoms with Crippen molar-refractivity contribution in [2.45, 2.75) is 91.8 Å². The maximum Gasteiger partial charge on any atom is 0.397 e. The highest BCUT2D eigenvalue weighted by Crippen LogP contribution is 2.58. The highest BCUT2D eigenvalue weighted by Gasteiger charge is 2.47. The number of allylic oxidation sites excluding steroid dienone is 2. The van der Waals surface area contributed by atoms with Crippen LogP contribution in [0, 0.1) is 28.6 Å². The number of esters is 1. The summed E-state index contributed by atoms with van der Waals surface area (Å²) in [5, 5.41) is 0. The van der Waals surface area contributed by atoms with Gasteiger partial charge in [0.15, 0.2) is 0 Å². The minimum absolute atomic E-state index is 0.0419. The van der Waals surface area contributed by atoms with E-state index in [-0.39, 0.29) is 23.9 Å². The molecule has 0 aromatic carbocycles. The van der Waals surface area contributed by atoms with E-state index in [1.807, 2.05) is 0 Å². The van der Waals surface area contributed by atoms with Gasteiger partial charge in [-0.3, -0.25) is 4.55 Å². The summed E-state index contributed by atoms with van der Waals surface area (Å²) in [6, 6.07) is 0. The van der Waals surface area contributed by atoms with Crippen molar-refractivity contribution in [2.75, 3.05) is 13.7 Å². The number of hydrogen-bond donors (Lipinski definition) is 1. The van der Waals surface area contributed by atoms with Crippen molar-refractivity contribution in [2.24, 2.45) is 28.6 Å². The molecule has 0 spiro atoms. The molecule has 0 radical (unpaired) electrons. The van der Waals surface area contributed by atoms with Crippen LogP contribution in [0.4, 0.5) is 0 Å². The number of methoxy groups -OCH3 is 1. The van der Waals surface area contributed by atoms with Gasteiger partial charge < -0.3 is 9.47 Å². The van der Waals surface area contributed by atoms with Crippen LogP contribution in [0.5, 0.6) is 0 Å². The van der Waals surface area contributed by atoms with Crippen LogP contribution in [-0.2, 0) is 28.9 Å². The van der Waals surface area contributed by atoms with Gasteiger partial charge in [0.2, 0.25) is 6.29 Å². The predicted molar refractivity (Wildman–Crippen MR) is 130 cm³/mol. The number of fused-ring (bicyclic) bond motifs is 1. The van der Waals surface area contributed by atoms with E-state index in [2.05, 4.69) is 33.8 Å². The fourth-order valence-corrected chi connectivity index (χ4v) is 6.62. The predicted octanol–water partition coefficient (Wildman–Crippen LogP) is 5.63. The number of carbonyl (C=O) groups is 1. The van der Waals surface area contributed by atoms with Crippen molar-refractivity contribution in [3.63, 3.8) is 0 Å². The molecule has 1 aliphatic heterocycles. The molecule has 5 atom stereocenters. The van der Waals surface area contributed by atoms with Crippen LogP contribution in [0.3, 0.4) is 0 Å². The molecule has 0 bridgehead atoms. The van der Waals surface area contributed by atoms with E-state index in [1.165, 1.54) is 26.4 Å². The number of hydrogen-bond acceptors (Lipinski definition) is 6. The quantitative estimate of drug-likeness (QED) is 0.224. The minimum atomic E-state index is -4.50. The Labute approximate surface area is 205 Å². The first-order valence-corrected chi connectivity index (χ1v) is 14.0. The van der Waals surface area contributed by atoms with E-state index < -0.39 is 16.7 Å². The van der Waals surface area contributed by atoms with Crippen molar-refractivity contribution >= 4 is 16.4 Å². The third-order valence-corrected chi connectivity index (χ3v) is 9.18. The molecular weight excluding hydrogens is 456 g/mol. The van der Waals surface area contributed by atoms with Gasteiger partial charge in [0.1, 0.15) is 0 Å². The zero-order valence-electron chi connectivity index (χ0n) is 21.3. The average Bonchev–Trinajstić information content (AvgIpc) is 3.11. The van der Waals surface area contributed by atoms with E-state index in [4.69, 9.17) is 18.2 Å². The Balaban J connectivity index is 1.66. The lowest BCUT2D eigenvalue weighted by Gasteiger charge is -2.53. The van der Waals surface area contributed by atoms with Crippen molar-refractivity contribution in [1.29, 1.82) is 0 Å². The number of carbonyl (C=O) groups excluding carboxylic acids is 1. The highest BCUT2D eigenvalue weighted by atomic mass is 32.3. The van der Waals surface area contributed by atoms with E-state index in [0.717, 1.165) is 19.3 Å². The summed E-state index contributed by atoms with van der Waals surface area (Å²) in [6.07, 6.45) is 12.0. The molecular formula is C26H42O7S. The largest absolute Gasteiger partial charge is 0.429 e. The Morgan fingerprint density at radius 3 is 2.62 bits per heavy atom. The Bertz CT molecular complexity index is 904. The molecule has 0 amide bonds. The number of ether oxygens (including phenoxy) is 2. The van der Waals surface area contributed by atoms with Gasteiger partial charge in [0, 0.05) is 12.7 Å². The number of cyclic esters (lactones) is 1. The Kier molecular flexibility index (Phi) is 8.70. The van der Waals surface area contributed by atoms with Gasteiger partial charge in [-0.1, -0.05) is 39.3 Å². The van der Waals surface area contributed by atoms with Crippen LogP contribution >= 0.6 is 0 Å². The maximum absolute atomic E-state index is 12.0. The lowest BCUT2D eigenvalue weighted by Crippen LogP contribution is -2.43. The molecule has 7 nitrogen and oxygen atoms in total. The van der Waals surface area contributed by atoms with Crippen LogP contribution in [0.25, 0.3) is 0 Å². The van der Waals surface area contributed by atoms with Gasteiger partial charge in [-0.15, -0.1) is 0 Å². The first-order chi connectivity index (χ1) is 15.9. The molecule has 1 heterocycles. The fourth-order valence-electron chi connectivity index (χ4n) is 6.25. The first-order valence-electron chi connectivity index (χ1n) is 12.6. The molecule has 0 saturated heterocycles. The average molecular weight is 499 g/mol. The van der Waals surface area contributed by atoms with Gasteiger partial charge in [0.05, 0.1) is 6.61 Å². The van der Waals surface area contributed by atoms with Crippen molar-refractivity contribution in [3.8, 4) is 0 Å². The van der Waals surface area contributed by atoms with Crippen molar-refractivity contribution in [3.05, 3.63) is 23.3 Å². The molecule has 3 aliphatic rings. The first kappa shape index (κ1) is 27.4. The molecule has 1 N–H and O–H groups in total. The van der Waals surface area contributed by atoms with E-state index in [1.54, 1.807) is 11.6 Å². The van der Waals surface area contributed by atoms with Crippen LogP contribution < -0.4 is 0 Å². The summed E-state index contributed by atoms with van der Waals surface area (Å²) < 4.78 is 46.6. The van der Waals surface area contributed by atoms with Crippen LogP contribution in [-0.4, -0.2) is 38.9 Å². The Hall–Kier alpha value is -1.22. The van der Waals surface area contributed by atoms with Crippen molar-refractivity contribution in [1.82, 2.24) is 0 Å². The van der Waals surface area contributed by atoms with Crippen LogP contribution in [0.1, 0.15) is 85.5 Å². The van der Waals surface area contributed by atoms with Crippen molar-refractivity contribution < 1.29 is 31.4 Å². The minimum Gasteiger partial charge on any atom is -0.429 e. The van der Waals surface area contributed by atoms with E-state index in [0.29, 0.717) is 42.1 Å². The van der Waals surface area contributed by atoms with Gasteiger partial charge >= 0.3 is 16.4 Å². The second kappa shape index (κ2) is 10.8. The smallest absolute Gasteiger partial charge is 0.397 e. The normalized spacial score (nSPS) is 31.9. The second-order valence-corrected chi connectivity index (χ2v) is 12.4. The zero-order chi connectivity index (χ0) is 25.1. The third-order valence-electron chi connectivity index (χ3n) is 8.75. The summed E-state index contributed by atoms with van der Waals surface area (Å²) in [5.41, 5.74) is 2.55. The standard InChI is InChI=1S/C26H42O7S/c1-18-11-12-21-22(10-7-14-25(21,2)3)26(18,4)15-13-19(17-32-34(28,29)30)8-6-9-20-16-23(31-5)33-24(20)27/h10,16,18-19,21,23H,6-9,11-15,17H2,1-5H3,(H,28,29,30)/t18-,19-,21-,23-,26-/m1/s1. The molecule has 0 unspecified atom stereocenters. The monoisotopic (exact) mass is 498 g/mol. The van der Waals surface area contributed by atoms with Gasteiger partial charge in [-0.25, -0.2) is 8.98 Å². The molecule has 0 aromatic rings. The van der Waals surface area contributed by atoms with E-state index >= 15 is 0 Å². The molecule has 34 heavy (non-hydrogen) atoms. The summed E-state index contributed by atoms with van der Waals surface area (Å²) in [5.74, 6) is 0.749. The zero-order valence-corrected chi connectivity index (χ0v) is 22.2. The Morgan fingerprint density at radius 2 is 1.97 bits per heavy atom. The lowest BCUT2D eigenvalue weighted by atomic mass is 9.52. The topological polar surface area (TPSA) is 99.1 Å². The molecule has 194 valence electrons. The summed E-state index contributed by atoms with van der Waals surface area (Å²) in [4.78, 5) is 12.0. The van der Waals surface area contributed by atoms with Crippen LogP contribution in [0.2, 0.25) is 0 Å². The van der Waals surface area contributed by atoms with Gasteiger partial charge in [-0.05, 0) is 92.4 Å². The molecule has 1 saturated carbocycles.